The first-order chi connectivity index (χ1) is 13.6. The molecule has 1 saturated heterocycles. The highest BCUT2D eigenvalue weighted by molar-refractivity contribution is 5.79. The molecule has 0 amide bonds. The van der Waals surface area contributed by atoms with Crippen LogP contribution in [0.25, 0.3) is 0 Å². The van der Waals surface area contributed by atoms with Crippen molar-refractivity contribution in [3.63, 3.8) is 0 Å². The lowest BCUT2D eigenvalue weighted by molar-refractivity contribution is 0.312. The maximum absolute atomic E-state index is 5.64. The molecule has 0 aromatic carbocycles. The Morgan fingerprint density at radius 2 is 2.00 bits per heavy atom. The van der Waals surface area contributed by atoms with Gasteiger partial charge in [0.25, 0.3) is 0 Å². The van der Waals surface area contributed by atoms with Crippen LogP contribution >= 0.6 is 0 Å². The van der Waals surface area contributed by atoms with Gasteiger partial charge in [-0.2, -0.15) is 0 Å². The van der Waals surface area contributed by atoms with Crippen LogP contribution in [0.15, 0.2) is 27.7 Å². The molecule has 8 nitrogen and oxygen atoms in total. The fourth-order valence-electron chi connectivity index (χ4n) is 3.14. The van der Waals surface area contributed by atoms with Crippen LogP contribution < -0.4 is 15.5 Å². The van der Waals surface area contributed by atoms with Gasteiger partial charge in [0.05, 0.1) is 18.8 Å². The van der Waals surface area contributed by atoms with Gasteiger partial charge in [0.2, 0.25) is 5.89 Å². The predicted molar refractivity (Wildman–Crippen MR) is 112 cm³/mol. The summed E-state index contributed by atoms with van der Waals surface area (Å²) in [5, 5.41) is 6.57. The molecule has 0 atom stereocenters. The van der Waals surface area contributed by atoms with Gasteiger partial charge in [-0.05, 0) is 33.9 Å². The number of hydrogen-bond acceptors (Lipinski definition) is 6. The van der Waals surface area contributed by atoms with E-state index in [1.54, 1.807) is 0 Å². The Kier molecular flexibility index (Phi) is 6.86. The molecule has 1 fully saturated rings. The number of aromatic nitrogens is 2. The van der Waals surface area contributed by atoms with E-state index >= 15 is 0 Å². The summed E-state index contributed by atoms with van der Waals surface area (Å²) < 4.78 is 5.64. The first-order valence-corrected chi connectivity index (χ1v) is 9.89. The van der Waals surface area contributed by atoms with Gasteiger partial charge < -0.3 is 24.9 Å². The Balaban J connectivity index is 1.67. The van der Waals surface area contributed by atoms with Gasteiger partial charge in [0, 0.05) is 44.5 Å². The van der Waals surface area contributed by atoms with Gasteiger partial charge in [-0.3, -0.25) is 0 Å². The molecule has 0 bridgehead atoms. The quantitative estimate of drug-likeness (QED) is 0.578. The van der Waals surface area contributed by atoms with Gasteiger partial charge in [-0.15, -0.1) is 0 Å². The van der Waals surface area contributed by atoms with Gasteiger partial charge in [0.15, 0.2) is 5.96 Å². The van der Waals surface area contributed by atoms with Crippen LogP contribution in [0.3, 0.4) is 0 Å². The predicted octanol–water partition coefficient (Wildman–Crippen LogP) is 1.69. The lowest BCUT2D eigenvalue weighted by Gasteiger charge is -2.34. The second-order valence-electron chi connectivity index (χ2n) is 7.07. The number of rotatable bonds is 6. The molecule has 0 radical (unpaired) electrons. The van der Waals surface area contributed by atoms with Gasteiger partial charge >= 0.3 is 0 Å². The number of aryl methyl sites for hydroxylation is 2. The molecule has 152 valence electrons. The number of likely N-dealkylation sites (N-methyl/N-ethyl adjacent to an activating group) is 1. The van der Waals surface area contributed by atoms with E-state index in [2.05, 4.69) is 50.4 Å². The van der Waals surface area contributed by atoms with Crippen molar-refractivity contribution in [1.82, 2.24) is 25.5 Å². The third kappa shape index (κ3) is 5.22. The molecule has 3 rings (SSSR count). The summed E-state index contributed by atoms with van der Waals surface area (Å²) in [4.78, 5) is 18.5. The fourth-order valence-corrected chi connectivity index (χ4v) is 3.14. The average molecular weight is 386 g/mol. The van der Waals surface area contributed by atoms with Crippen molar-refractivity contribution in [2.45, 2.75) is 33.9 Å². The monoisotopic (exact) mass is 385 g/mol. The smallest absolute Gasteiger partial charge is 0.214 e. The van der Waals surface area contributed by atoms with Crippen molar-refractivity contribution in [3.8, 4) is 0 Å². The van der Waals surface area contributed by atoms with Gasteiger partial charge in [0.1, 0.15) is 11.6 Å². The Hall–Kier alpha value is -2.61. The van der Waals surface area contributed by atoms with Crippen LogP contribution in [0.5, 0.6) is 0 Å². The molecule has 28 heavy (non-hydrogen) atoms. The number of aliphatic imine (C=N–C) groups is 1. The van der Waals surface area contributed by atoms with Crippen LogP contribution in [-0.2, 0) is 13.1 Å². The topological polar surface area (TPSA) is 81.8 Å². The van der Waals surface area contributed by atoms with Crippen molar-refractivity contribution >= 4 is 11.8 Å². The number of hydrogen-bond donors (Lipinski definition) is 2. The van der Waals surface area contributed by atoms with Crippen LogP contribution in [0.4, 0.5) is 5.82 Å². The summed E-state index contributed by atoms with van der Waals surface area (Å²) in [6.07, 6.45) is 1.86. The maximum Gasteiger partial charge on any atom is 0.214 e. The van der Waals surface area contributed by atoms with Crippen LogP contribution in [0.2, 0.25) is 0 Å². The summed E-state index contributed by atoms with van der Waals surface area (Å²) in [5.74, 6) is 3.30. The highest BCUT2D eigenvalue weighted by atomic mass is 16.4. The molecule has 0 aliphatic carbocycles. The Labute approximate surface area is 167 Å². The third-order valence-corrected chi connectivity index (χ3v) is 4.90. The van der Waals surface area contributed by atoms with Crippen LogP contribution in [0, 0.1) is 13.8 Å². The Morgan fingerprint density at radius 1 is 1.21 bits per heavy atom. The van der Waals surface area contributed by atoms with Crippen LogP contribution in [0.1, 0.15) is 29.8 Å². The van der Waals surface area contributed by atoms with Crippen LogP contribution in [-0.4, -0.2) is 60.6 Å². The number of anilines is 1. The summed E-state index contributed by atoms with van der Waals surface area (Å²) in [6, 6.07) is 4.08. The number of nitrogens with one attached hydrogen (secondary N) is 2. The Bertz CT molecular complexity index is 774. The second-order valence-corrected chi connectivity index (χ2v) is 7.07. The molecular formula is C20H31N7O. The second kappa shape index (κ2) is 9.54. The number of nitrogens with zero attached hydrogens (tertiary/aromatic N) is 5. The van der Waals surface area contributed by atoms with Crippen molar-refractivity contribution in [1.29, 1.82) is 0 Å². The molecule has 0 spiro atoms. The van der Waals surface area contributed by atoms with Gasteiger partial charge in [-0.1, -0.05) is 6.07 Å². The molecule has 0 unspecified atom stereocenters. The SMILES string of the molecule is CCNC(=NCc1cccnc1N1CCN(C)CC1)NCc1nc(C)c(C)o1. The normalized spacial score (nSPS) is 15.7. The Morgan fingerprint density at radius 3 is 2.68 bits per heavy atom. The zero-order valence-corrected chi connectivity index (χ0v) is 17.3. The molecule has 0 saturated carbocycles. The number of oxazole rings is 1. The largest absolute Gasteiger partial charge is 0.444 e. The number of pyridine rings is 1. The van der Waals surface area contributed by atoms with Crippen molar-refractivity contribution < 1.29 is 4.42 Å². The third-order valence-electron chi connectivity index (χ3n) is 4.90. The highest BCUT2D eigenvalue weighted by Gasteiger charge is 2.17. The standard InChI is InChI=1S/C20H31N7O/c1-5-21-20(24-14-18-25-15(2)16(3)28-18)23-13-17-7-6-8-22-19(17)27-11-9-26(4)10-12-27/h6-8H,5,9-14H2,1-4H3,(H2,21,23,24). The van der Waals surface area contributed by atoms with Crippen molar-refractivity contribution in [2.75, 3.05) is 44.7 Å². The van der Waals surface area contributed by atoms with E-state index in [4.69, 9.17) is 9.41 Å². The van der Waals surface area contributed by atoms with E-state index in [1.165, 1.54) is 0 Å². The summed E-state index contributed by atoms with van der Waals surface area (Å²) in [5.41, 5.74) is 2.05. The lowest BCUT2D eigenvalue weighted by Crippen LogP contribution is -2.45. The minimum atomic E-state index is 0.499. The van der Waals surface area contributed by atoms with E-state index < -0.39 is 0 Å². The van der Waals surface area contributed by atoms with E-state index in [9.17, 15) is 0 Å². The minimum Gasteiger partial charge on any atom is -0.444 e. The van der Waals surface area contributed by atoms with E-state index in [0.717, 1.165) is 61.5 Å². The molecule has 3 heterocycles. The van der Waals surface area contributed by atoms with Crippen molar-refractivity contribution in [3.05, 3.63) is 41.2 Å². The van der Waals surface area contributed by atoms with E-state index in [1.807, 2.05) is 26.1 Å². The molecule has 2 N–H and O–H groups in total. The summed E-state index contributed by atoms with van der Waals surface area (Å²) >= 11 is 0. The molecule has 8 heteroatoms. The van der Waals surface area contributed by atoms with E-state index in [0.29, 0.717) is 19.0 Å². The average Bonchev–Trinajstić information content (AvgIpc) is 3.02. The summed E-state index contributed by atoms with van der Waals surface area (Å²) in [7, 11) is 2.16. The first kappa shape index (κ1) is 20.1. The molecule has 1 aliphatic rings. The highest BCUT2D eigenvalue weighted by Crippen LogP contribution is 2.19. The van der Waals surface area contributed by atoms with E-state index in [-0.39, 0.29) is 0 Å². The first-order valence-electron chi connectivity index (χ1n) is 9.89. The zero-order chi connectivity index (χ0) is 19.9. The van der Waals surface area contributed by atoms with Gasteiger partial charge in [-0.25, -0.2) is 15.0 Å². The molecule has 1 aliphatic heterocycles. The number of guanidine groups is 1. The summed E-state index contributed by atoms with van der Waals surface area (Å²) in [6.45, 7) is 11.9. The molecule has 2 aromatic rings. The maximum atomic E-state index is 5.64. The minimum absolute atomic E-state index is 0.499. The fraction of sp³-hybridized carbons (Fsp3) is 0.550. The van der Waals surface area contributed by atoms with Crippen molar-refractivity contribution in [2.24, 2.45) is 4.99 Å². The molecule has 2 aromatic heterocycles. The zero-order valence-electron chi connectivity index (χ0n) is 17.3. The number of piperazine rings is 1. The lowest BCUT2D eigenvalue weighted by atomic mass is 10.2. The molecular weight excluding hydrogens is 354 g/mol.